The van der Waals surface area contributed by atoms with Crippen LogP contribution in [0.5, 0.6) is 5.75 Å². The van der Waals surface area contributed by atoms with Gasteiger partial charge in [0.05, 0.1) is 6.61 Å². The zero-order chi connectivity index (χ0) is 24.2. The largest absolute Gasteiger partial charge is 0.508 e. The fourth-order valence-electron chi connectivity index (χ4n) is 4.91. The zero-order valence-electron chi connectivity index (χ0n) is 19.8. The number of rotatable bonds is 8. The van der Waals surface area contributed by atoms with Crippen molar-refractivity contribution in [2.24, 2.45) is 0 Å². The maximum absolute atomic E-state index is 12.5. The number of aromatic hydroxyl groups is 1. The Kier molecular flexibility index (Phi) is 7.03. The fourth-order valence-corrected chi connectivity index (χ4v) is 8.60. The van der Waals surface area contributed by atoms with E-state index < -0.39 is 13.4 Å². The Morgan fingerprint density at radius 1 is 0.676 bits per heavy atom. The topological polar surface area (TPSA) is 60.7 Å². The first-order valence-corrected chi connectivity index (χ1v) is 13.6. The lowest BCUT2D eigenvalue weighted by Crippen LogP contribution is -2.65. The van der Waals surface area contributed by atoms with Gasteiger partial charge in [0.2, 0.25) is 0 Å². The molecule has 0 bridgehead atoms. The summed E-state index contributed by atoms with van der Waals surface area (Å²) in [5.74, 6) is 0.113. The second-order valence-corrected chi connectivity index (χ2v) is 13.5. The van der Waals surface area contributed by atoms with Crippen LogP contribution in [-0.2, 0) is 19.4 Å². The van der Waals surface area contributed by atoms with Crippen molar-refractivity contribution in [1.29, 1.82) is 0 Å². The Morgan fingerprint density at radius 3 is 1.76 bits per heavy atom. The van der Waals surface area contributed by atoms with Crippen LogP contribution >= 0.6 is 0 Å². The van der Waals surface area contributed by atoms with E-state index in [0.717, 1.165) is 22.4 Å². The minimum Gasteiger partial charge on any atom is -0.508 e. The molecule has 0 heterocycles. The molecule has 0 amide bonds. The molecule has 4 heteroatoms. The first kappa shape index (κ1) is 24.0. The van der Waals surface area contributed by atoms with Crippen LogP contribution in [-0.4, -0.2) is 23.3 Å². The van der Waals surface area contributed by atoms with Gasteiger partial charge in [0.25, 0.3) is 8.32 Å². The molecule has 0 spiro atoms. The summed E-state index contributed by atoms with van der Waals surface area (Å²) >= 11 is 0. The molecular formula is C30H32O3Si. The molecule has 0 fully saturated rings. The Morgan fingerprint density at radius 2 is 1.21 bits per heavy atom. The highest BCUT2D eigenvalue weighted by atomic mass is 28.4. The van der Waals surface area contributed by atoms with Crippen molar-refractivity contribution in [3.05, 3.63) is 125 Å². The van der Waals surface area contributed by atoms with Gasteiger partial charge in [-0.05, 0) is 57.1 Å². The lowest BCUT2D eigenvalue weighted by molar-refractivity contribution is 0.275. The monoisotopic (exact) mass is 468 g/mol. The molecule has 0 radical (unpaired) electrons. The van der Waals surface area contributed by atoms with Crippen LogP contribution in [0.1, 0.15) is 36.1 Å². The molecule has 34 heavy (non-hydrogen) atoms. The number of hydrogen-bond donors (Lipinski definition) is 3. The fraction of sp³-hybridized carbons (Fsp3) is 0.200. The quantitative estimate of drug-likeness (QED) is 0.333. The molecule has 0 aliphatic heterocycles. The Hall–Kier alpha value is -3.18. The van der Waals surface area contributed by atoms with Gasteiger partial charge in [-0.15, -0.1) is 0 Å². The van der Waals surface area contributed by atoms with Crippen molar-refractivity contribution in [3.8, 4) is 5.75 Å². The summed E-state index contributed by atoms with van der Waals surface area (Å²) in [5.41, 5.74) is 3.95. The summed E-state index contributed by atoms with van der Waals surface area (Å²) in [6, 6.07) is 34.0. The average Bonchev–Trinajstić information content (AvgIpc) is 2.86. The number of benzene rings is 4. The second kappa shape index (κ2) is 9.98. The molecule has 0 unspecified atom stereocenters. The molecular weight excluding hydrogens is 436 g/mol. The van der Waals surface area contributed by atoms with E-state index in [4.69, 9.17) is 0 Å². The van der Waals surface area contributed by atoms with Gasteiger partial charge >= 0.3 is 0 Å². The maximum Gasteiger partial charge on any atom is 0.258 e. The van der Waals surface area contributed by atoms with Crippen molar-refractivity contribution >= 4 is 18.7 Å². The summed E-state index contributed by atoms with van der Waals surface area (Å²) in [5, 5.41) is 21.1. The van der Waals surface area contributed by atoms with E-state index in [9.17, 15) is 15.0 Å². The van der Waals surface area contributed by atoms with E-state index >= 15 is 0 Å². The number of hydrogen-bond acceptors (Lipinski definition) is 3. The number of aliphatic hydroxyl groups excluding tert-OH is 1. The molecule has 174 valence electrons. The second-order valence-electron chi connectivity index (χ2n) is 9.57. The standard InChI is InChI=1S/C30H32O3Si/c1-30(2,34(33,27-13-5-3-6-14-27)28-15-7-4-8-16-28)21-25-12-10-9-11-24(25)19-23-17-18-29(32)26(20-23)22-31/h3-18,20,31-33H,19,21-22H2,1-2H3. The van der Waals surface area contributed by atoms with Crippen LogP contribution < -0.4 is 10.4 Å². The summed E-state index contributed by atoms with van der Waals surface area (Å²) in [6.45, 7) is 4.17. The molecule has 4 aromatic carbocycles. The first-order valence-electron chi connectivity index (χ1n) is 11.7. The summed E-state index contributed by atoms with van der Waals surface area (Å²) in [4.78, 5) is 12.5. The Balaban J connectivity index is 1.73. The van der Waals surface area contributed by atoms with Crippen LogP contribution in [0.4, 0.5) is 0 Å². The van der Waals surface area contributed by atoms with Gasteiger partial charge < -0.3 is 15.0 Å². The van der Waals surface area contributed by atoms with Gasteiger partial charge in [0.1, 0.15) is 5.75 Å². The Bertz CT molecular complexity index is 1200. The third-order valence-corrected chi connectivity index (χ3v) is 11.3. The van der Waals surface area contributed by atoms with E-state index in [1.165, 1.54) is 11.1 Å². The van der Waals surface area contributed by atoms with Crippen molar-refractivity contribution in [2.45, 2.75) is 38.3 Å². The van der Waals surface area contributed by atoms with Gasteiger partial charge in [-0.2, -0.15) is 0 Å². The molecule has 3 N–H and O–H groups in total. The summed E-state index contributed by atoms with van der Waals surface area (Å²) in [6.07, 6.45) is 1.41. The number of phenols is 1. The third-order valence-electron chi connectivity index (χ3n) is 6.82. The van der Waals surface area contributed by atoms with Gasteiger partial charge in [-0.1, -0.05) is 105 Å². The van der Waals surface area contributed by atoms with Crippen LogP contribution in [0.15, 0.2) is 103 Å². The molecule has 0 saturated carbocycles. The van der Waals surface area contributed by atoms with Crippen LogP contribution in [0.25, 0.3) is 0 Å². The third kappa shape index (κ3) is 4.71. The average molecular weight is 469 g/mol. The highest BCUT2D eigenvalue weighted by molar-refractivity contribution is 6.98. The van der Waals surface area contributed by atoms with E-state index in [2.05, 4.69) is 56.3 Å². The summed E-state index contributed by atoms with van der Waals surface area (Å²) < 4.78 is 0. The van der Waals surface area contributed by atoms with Crippen LogP contribution in [0, 0.1) is 0 Å². The SMILES string of the molecule is CC(C)(Cc1ccccc1Cc1ccc(O)c(CO)c1)[Si](O)(c1ccccc1)c1ccccc1. The molecule has 0 aliphatic carbocycles. The van der Waals surface area contributed by atoms with Gasteiger partial charge in [0, 0.05) is 5.56 Å². The minimum absolute atomic E-state index is 0.113. The smallest absolute Gasteiger partial charge is 0.258 e. The molecule has 4 rings (SSSR count). The maximum atomic E-state index is 12.5. The molecule has 0 atom stereocenters. The first-order chi connectivity index (χ1) is 16.3. The molecule has 4 aromatic rings. The van der Waals surface area contributed by atoms with Crippen LogP contribution in [0.2, 0.25) is 5.04 Å². The predicted molar refractivity (Wildman–Crippen MR) is 141 cm³/mol. The highest BCUT2D eigenvalue weighted by Crippen LogP contribution is 2.39. The lowest BCUT2D eigenvalue weighted by atomic mass is 9.93. The van der Waals surface area contributed by atoms with Crippen molar-refractivity contribution in [2.75, 3.05) is 0 Å². The van der Waals surface area contributed by atoms with Crippen molar-refractivity contribution in [1.82, 2.24) is 0 Å². The molecule has 0 aromatic heterocycles. The molecule has 0 saturated heterocycles. The van der Waals surface area contributed by atoms with Gasteiger partial charge in [-0.3, -0.25) is 0 Å². The van der Waals surface area contributed by atoms with E-state index in [0.29, 0.717) is 12.0 Å². The highest BCUT2D eigenvalue weighted by Gasteiger charge is 2.49. The lowest BCUT2D eigenvalue weighted by Gasteiger charge is -2.41. The zero-order valence-corrected chi connectivity index (χ0v) is 20.8. The van der Waals surface area contributed by atoms with E-state index in [1.807, 2.05) is 54.6 Å². The summed E-state index contributed by atoms with van der Waals surface area (Å²) in [7, 11) is -3.12. The molecule has 0 aliphatic rings. The predicted octanol–water partition coefficient (Wildman–Crippen LogP) is 4.55. The Labute approximate surface area is 203 Å². The van der Waals surface area contributed by atoms with Gasteiger partial charge in [0.15, 0.2) is 0 Å². The van der Waals surface area contributed by atoms with E-state index in [-0.39, 0.29) is 12.4 Å². The van der Waals surface area contributed by atoms with Crippen LogP contribution in [0.3, 0.4) is 0 Å². The van der Waals surface area contributed by atoms with Gasteiger partial charge in [-0.25, -0.2) is 0 Å². The van der Waals surface area contributed by atoms with Crippen molar-refractivity contribution < 1.29 is 15.0 Å². The van der Waals surface area contributed by atoms with E-state index in [1.54, 1.807) is 6.07 Å². The minimum atomic E-state index is -3.12. The van der Waals surface area contributed by atoms with Crippen molar-refractivity contribution in [3.63, 3.8) is 0 Å². The normalized spacial score (nSPS) is 12.0. The molecule has 3 nitrogen and oxygen atoms in total. The number of aliphatic hydroxyl groups is 1.